The molecule has 2 aromatic heterocycles. The van der Waals surface area contributed by atoms with E-state index >= 15 is 0 Å². The third-order valence-corrected chi connectivity index (χ3v) is 4.45. The van der Waals surface area contributed by atoms with Crippen LogP contribution in [0.5, 0.6) is 0 Å². The Morgan fingerprint density at radius 1 is 1.32 bits per heavy atom. The zero-order valence-electron chi connectivity index (χ0n) is 9.89. The second-order valence-electron chi connectivity index (χ2n) is 4.56. The fourth-order valence-electron chi connectivity index (χ4n) is 2.55. The molecule has 3 aromatic rings. The molecule has 0 saturated heterocycles. The molecule has 0 bridgehead atoms. The van der Waals surface area contributed by atoms with Gasteiger partial charge in [-0.15, -0.1) is 11.3 Å². The Morgan fingerprint density at radius 3 is 3.11 bits per heavy atom. The van der Waals surface area contributed by atoms with Crippen molar-refractivity contribution < 1.29 is 4.39 Å². The van der Waals surface area contributed by atoms with Gasteiger partial charge in [0.25, 0.3) is 5.56 Å². The lowest BCUT2D eigenvalue weighted by Crippen LogP contribution is -2.26. The van der Waals surface area contributed by atoms with Crippen LogP contribution in [0.25, 0.3) is 22.3 Å². The molecule has 5 heteroatoms. The Hall–Kier alpha value is -2.01. The minimum absolute atomic E-state index is 0.0862. The van der Waals surface area contributed by atoms with E-state index in [4.69, 9.17) is 0 Å². The zero-order chi connectivity index (χ0) is 13.0. The van der Waals surface area contributed by atoms with Gasteiger partial charge in [-0.3, -0.25) is 9.36 Å². The third kappa shape index (κ3) is 1.48. The molecule has 3 nitrogen and oxygen atoms in total. The Bertz CT molecular complexity index is 865. The van der Waals surface area contributed by atoms with E-state index in [1.807, 2.05) is 11.4 Å². The number of rotatable bonds is 0. The van der Waals surface area contributed by atoms with E-state index in [2.05, 4.69) is 4.98 Å². The molecule has 0 atom stereocenters. The highest BCUT2D eigenvalue weighted by atomic mass is 32.1. The van der Waals surface area contributed by atoms with Crippen LogP contribution >= 0.6 is 11.3 Å². The van der Waals surface area contributed by atoms with Gasteiger partial charge in [-0.2, -0.15) is 0 Å². The van der Waals surface area contributed by atoms with Crippen molar-refractivity contribution in [1.82, 2.24) is 9.55 Å². The van der Waals surface area contributed by atoms with Crippen molar-refractivity contribution in [1.29, 1.82) is 0 Å². The largest absolute Gasteiger partial charge is 0.292 e. The van der Waals surface area contributed by atoms with Crippen LogP contribution < -0.4 is 5.56 Å². The first kappa shape index (κ1) is 10.9. The van der Waals surface area contributed by atoms with Gasteiger partial charge >= 0.3 is 0 Å². The van der Waals surface area contributed by atoms with Crippen LogP contribution in [0, 0.1) is 5.82 Å². The lowest BCUT2D eigenvalue weighted by molar-refractivity contribution is 0.628. The molecule has 3 heterocycles. The highest BCUT2D eigenvalue weighted by molar-refractivity contribution is 7.10. The zero-order valence-corrected chi connectivity index (χ0v) is 10.7. The molecular weight excluding hydrogens is 263 g/mol. The Balaban J connectivity index is 2.15. The van der Waals surface area contributed by atoms with Crippen LogP contribution in [-0.4, -0.2) is 9.55 Å². The number of nitrogens with zero attached hydrogens (tertiary/aromatic N) is 2. The smallest absolute Gasteiger partial charge is 0.261 e. The number of hydrogen-bond donors (Lipinski definition) is 0. The summed E-state index contributed by atoms with van der Waals surface area (Å²) in [5, 5.41) is 2.48. The standard InChI is InChI=1S/C14H9FN2OS/c15-8-1-2-9-11(7-8)16-13-10-4-6-19-12(10)3-5-17(13)14(9)18/h1-2,4,6-7H,3,5H2. The fraction of sp³-hybridized carbons (Fsp3) is 0.143. The lowest BCUT2D eigenvalue weighted by Gasteiger charge is -2.18. The first-order valence-electron chi connectivity index (χ1n) is 6.01. The van der Waals surface area contributed by atoms with Gasteiger partial charge in [-0.05, 0) is 23.6 Å². The maximum Gasteiger partial charge on any atom is 0.261 e. The second-order valence-corrected chi connectivity index (χ2v) is 5.56. The Labute approximate surface area is 112 Å². The van der Waals surface area contributed by atoms with Crippen LogP contribution in [0.4, 0.5) is 4.39 Å². The molecule has 1 aliphatic heterocycles. The summed E-state index contributed by atoms with van der Waals surface area (Å²) in [5.74, 6) is 0.288. The van der Waals surface area contributed by atoms with Crippen LogP contribution in [0.3, 0.4) is 0 Å². The average molecular weight is 272 g/mol. The van der Waals surface area contributed by atoms with Crippen LogP contribution in [-0.2, 0) is 13.0 Å². The molecule has 19 heavy (non-hydrogen) atoms. The molecule has 0 unspecified atom stereocenters. The summed E-state index contributed by atoms with van der Waals surface area (Å²) >= 11 is 1.67. The van der Waals surface area contributed by atoms with Gasteiger partial charge in [0.2, 0.25) is 0 Å². The number of halogens is 1. The predicted octanol–water partition coefficient (Wildman–Crippen LogP) is 2.82. The van der Waals surface area contributed by atoms with E-state index < -0.39 is 0 Å². The van der Waals surface area contributed by atoms with E-state index in [1.54, 1.807) is 15.9 Å². The maximum atomic E-state index is 13.3. The molecule has 94 valence electrons. The van der Waals surface area contributed by atoms with Crippen molar-refractivity contribution in [3.8, 4) is 11.4 Å². The van der Waals surface area contributed by atoms with Gasteiger partial charge in [-0.1, -0.05) is 0 Å². The van der Waals surface area contributed by atoms with E-state index in [1.165, 1.54) is 23.1 Å². The molecule has 1 aliphatic rings. The summed E-state index contributed by atoms with van der Waals surface area (Å²) in [5.41, 5.74) is 1.34. The van der Waals surface area contributed by atoms with Crippen LogP contribution in [0.2, 0.25) is 0 Å². The van der Waals surface area contributed by atoms with E-state index in [0.717, 1.165) is 12.0 Å². The predicted molar refractivity (Wildman–Crippen MR) is 73.0 cm³/mol. The topological polar surface area (TPSA) is 34.9 Å². The molecule has 0 N–H and O–H groups in total. The van der Waals surface area contributed by atoms with Crippen molar-refractivity contribution in [2.75, 3.05) is 0 Å². The van der Waals surface area contributed by atoms with Gasteiger partial charge in [0, 0.05) is 29.5 Å². The minimum Gasteiger partial charge on any atom is -0.292 e. The first-order valence-corrected chi connectivity index (χ1v) is 6.89. The van der Waals surface area contributed by atoms with Gasteiger partial charge in [0.05, 0.1) is 10.9 Å². The molecule has 0 fully saturated rings. The quantitative estimate of drug-likeness (QED) is 0.630. The van der Waals surface area contributed by atoms with Crippen molar-refractivity contribution in [2.24, 2.45) is 0 Å². The van der Waals surface area contributed by atoms with Crippen molar-refractivity contribution in [3.05, 3.63) is 50.7 Å². The van der Waals surface area contributed by atoms with Gasteiger partial charge in [0.1, 0.15) is 11.6 Å². The molecule has 4 rings (SSSR count). The molecule has 0 spiro atoms. The number of fused-ring (bicyclic) bond motifs is 4. The summed E-state index contributed by atoms with van der Waals surface area (Å²) in [6, 6.07) is 6.11. The number of benzene rings is 1. The number of aromatic nitrogens is 2. The number of aryl methyl sites for hydroxylation is 1. The van der Waals surface area contributed by atoms with E-state index in [0.29, 0.717) is 23.3 Å². The SMILES string of the molecule is O=c1c2ccc(F)cc2nc2n1CCc1sccc1-2. The summed E-state index contributed by atoms with van der Waals surface area (Å²) in [6.45, 7) is 0.641. The second kappa shape index (κ2) is 3.74. The third-order valence-electron chi connectivity index (χ3n) is 3.47. The van der Waals surface area contributed by atoms with E-state index in [9.17, 15) is 9.18 Å². The Kier molecular flexibility index (Phi) is 2.14. The van der Waals surface area contributed by atoms with Crippen molar-refractivity contribution in [3.63, 3.8) is 0 Å². The molecule has 0 saturated carbocycles. The first-order chi connectivity index (χ1) is 9.24. The molecule has 0 aliphatic carbocycles. The number of hydrogen-bond acceptors (Lipinski definition) is 3. The van der Waals surface area contributed by atoms with Gasteiger partial charge in [0.15, 0.2) is 0 Å². The summed E-state index contributed by atoms with van der Waals surface area (Å²) in [6.07, 6.45) is 0.855. The van der Waals surface area contributed by atoms with E-state index in [-0.39, 0.29) is 11.4 Å². The van der Waals surface area contributed by atoms with Crippen LogP contribution in [0.1, 0.15) is 4.88 Å². The van der Waals surface area contributed by atoms with Gasteiger partial charge < -0.3 is 0 Å². The maximum absolute atomic E-state index is 13.3. The minimum atomic E-state index is -0.370. The monoisotopic (exact) mass is 272 g/mol. The molecule has 1 aromatic carbocycles. The highest BCUT2D eigenvalue weighted by Crippen LogP contribution is 2.31. The highest BCUT2D eigenvalue weighted by Gasteiger charge is 2.20. The number of thiophene rings is 1. The normalized spacial score (nSPS) is 13.3. The lowest BCUT2D eigenvalue weighted by atomic mass is 10.1. The summed E-state index contributed by atoms with van der Waals surface area (Å²) in [4.78, 5) is 18.1. The fourth-order valence-corrected chi connectivity index (χ4v) is 3.42. The molecule has 0 amide bonds. The molecule has 0 radical (unpaired) electrons. The summed E-state index contributed by atoms with van der Waals surface area (Å²) < 4.78 is 15.0. The van der Waals surface area contributed by atoms with Crippen molar-refractivity contribution >= 4 is 22.2 Å². The van der Waals surface area contributed by atoms with Crippen LogP contribution in [0.15, 0.2) is 34.4 Å². The average Bonchev–Trinajstić information content (AvgIpc) is 2.87. The van der Waals surface area contributed by atoms with Crippen molar-refractivity contribution in [2.45, 2.75) is 13.0 Å². The summed E-state index contributed by atoms with van der Waals surface area (Å²) in [7, 11) is 0. The Morgan fingerprint density at radius 2 is 2.21 bits per heavy atom. The molecular formula is C14H9FN2OS. The van der Waals surface area contributed by atoms with Gasteiger partial charge in [-0.25, -0.2) is 9.37 Å².